The Morgan fingerprint density at radius 2 is 1.97 bits per heavy atom. The number of H-pyrrole nitrogens is 1. The number of anilines is 1. The molecular formula is C23H20N4O4S. The lowest BCUT2D eigenvalue weighted by Gasteiger charge is -2.18. The second kappa shape index (κ2) is 9.03. The molecule has 2 aromatic heterocycles. The first-order valence-electron chi connectivity index (χ1n) is 9.87. The Balaban J connectivity index is 1.60. The Bertz CT molecular complexity index is 1300. The maximum Gasteiger partial charge on any atom is 0.274 e. The van der Waals surface area contributed by atoms with Crippen LogP contribution in [0.1, 0.15) is 20.8 Å². The minimum Gasteiger partial charge on any atom is -0.361 e. The van der Waals surface area contributed by atoms with Crippen molar-refractivity contribution in [3.63, 3.8) is 0 Å². The van der Waals surface area contributed by atoms with Gasteiger partial charge in [0.2, 0.25) is 5.91 Å². The zero-order valence-corrected chi connectivity index (χ0v) is 17.9. The third-order valence-electron chi connectivity index (χ3n) is 5.14. The fourth-order valence-electron chi connectivity index (χ4n) is 3.48. The van der Waals surface area contributed by atoms with Gasteiger partial charge >= 0.3 is 0 Å². The van der Waals surface area contributed by atoms with E-state index in [9.17, 15) is 19.7 Å². The largest absolute Gasteiger partial charge is 0.361 e. The number of rotatable bonds is 7. The molecular weight excluding hydrogens is 428 g/mol. The number of benzene rings is 2. The first-order chi connectivity index (χ1) is 15.4. The Morgan fingerprint density at radius 1 is 1.16 bits per heavy atom. The summed E-state index contributed by atoms with van der Waals surface area (Å²) < 4.78 is 0. The monoisotopic (exact) mass is 448 g/mol. The lowest BCUT2D eigenvalue weighted by atomic mass is 10.0. The molecule has 3 N–H and O–H groups in total. The van der Waals surface area contributed by atoms with Crippen molar-refractivity contribution in [2.24, 2.45) is 0 Å². The topological polar surface area (TPSA) is 117 Å². The highest BCUT2D eigenvalue weighted by atomic mass is 32.1. The Labute approximate surface area is 187 Å². The number of nitro groups is 1. The summed E-state index contributed by atoms with van der Waals surface area (Å²) in [5.74, 6) is -0.812. The van der Waals surface area contributed by atoms with Crippen LogP contribution in [0.15, 0.2) is 66.2 Å². The van der Waals surface area contributed by atoms with Gasteiger partial charge in [-0.2, -0.15) is 0 Å². The molecule has 2 heterocycles. The Kier molecular flexibility index (Phi) is 6.00. The fourth-order valence-corrected chi connectivity index (χ4v) is 4.11. The third kappa shape index (κ3) is 4.52. The normalized spacial score (nSPS) is 11.8. The first-order valence-corrected chi connectivity index (χ1v) is 10.8. The van der Waals surface area contributed by atoms with Crippen LogP contribution in [0.2, 0.25) is 0 Å². The highest BCUT2D eigenvalue weighted by Gasteiger charge is 2.24. The molecule has 4 aromatic rings. The van der Waals surface area contributed by atoms with Gasteiger partial charge in [-0.25, -0.2) is 0 Å². The van der Waals surface area contributed by atoms with Crippen molar-refractivity contribution in [2.45, 2.75) is 19.4 Å². The number of nitro benzene ring substituents is 1. The molecule has 9 heteroatoms. The van der Waals surface area contributed by atoms with Crippen LogP contribution in [0.3, 0.4) is 0 Å². The summed E-state index contributed by atoms with van der Waals surface area (Å²) in [6, 6.07) is 14.8. The summed E-state index contributed by atoms with van der Waals surface area (Å²) in [5, 5.41) is 19.5. The zero-order chi connectivity index (χ0) is 22.7. The van der Waals surface area contributed by atoms with E-state index in [0.717, 1.165) is 16.5 Å². The van der Waals surface area contributed by atoms with Gasteiger partial charge in [0.05, 0.1) is 9.80 Å². The van der Waals surface area contributed by atoms with Gasteiger partial charge in [0.15, 0.2) is 0 Å². The maximum absolute atomic E-state index is 13.1. The summed E-state index contributed by atoms with van der Waals surface area (Å²) in [6.07, 6.45) is 2.07. The molecule has 0 aliphatic rings. The lowest BCUT2D eigenvalue weighted by molar-refractivity contribution is -0.385. The van der Waals surface area contributed by atoms with Gasteiger partial charge in [0.1, 0.15) is 6.04 Å². The molecule has 1 atom stereocenters. The molecule has 162 valence electrons. The van der Waals surface area contributed by atoms with Crippen LogP contribution in [-0.2, 0) is 11.2 Å². The SMILES string of the molecule is Cc1ccc(NC(=O)C(Cc2c[nH]c3ccccc23)NC(=O)c2cccs2)cc1[N+](=O)[O-]. The standard InChI is InChI=1S/C23H20N4O4S/c1-14-8-9-16(12-20(14)27(30)31)25-22(28)19(26-23(29)21-7-4-10-32-21)11-15-13-24-18-6-3-2-5-17(15)18/h2-10,12-13,19,24H,11H2,1H3,(H,25,28)(H,26,29). The highest BCUT2D eigenvalue weighted by Crippen LogP contribution is 2.23. The minimum atomic E-state index is -0.885. The number of carbonyl (C=O) groups excluding carboxylic acids is 2. The van der Waals surface area contributed by atoms with Gasteiger partial charge < -0.3 is 15.6 Å². The molecule has 0 spiro atoms. The van der Waals surface area contributed by atoms with Crippen molar-refractivity contribution in [1.29, 1.82) is 0 Å². The number of amides is 2. The molecule has 0 saturated carbocycles. The molecule has 0 bridgehead atoms. The molecule has 0 aliphatic heterocycles. The molecule has 1 unspecified atom stereocenters. The lowest BCUT2D eigenvalue weighted by Crippen LogP contribution is -2.45. The smallest absolute Gasteiger partial charge is 0.274 e. The van der Waals surface area contributed by atoms with E-state index >= 15 is 0 Å². The summed E-state index contributed by atoms with van der Waals surface area (Å²) in [4.78, 5) is 40.2. The minimum absolute atomic E-state index is 0.0846. The Morgan fingerprint density at radius 3 is 2.72 bits per heavy atom. The van der Waals surface area contributed by atoms with E-state index in [-0.39, 0.29) is 18.0 Å². The summed E-state index contributed by atoms with van der Waals surface area (Å²) in [6.45, 7) is 1.63. The van der Waals surface area contributed by atoms with Crippen molar-refractivity contribution in [3.8, 4) is 0 Å². The number of aryl methyl sites for hydroxylation is 1. The number of fused-ring (bicyclic) bond motifs is 1. The Hall–Kier alpha value is -3.98. The summed E-state index contributed by atoms with van der Waals surface area (Å²) >= 11 is 1.28. The number of aromatic nitrogens is 1. The van der Waals surface area contributed by atoms with Gasteiger partial charge in [-0.15, -0.1) is 11.3 Å². The number of thiophene rings is 1. The second-order valence-electron chi connectivity index (χ2n) is 7.31. The van der Waals surface area contributed by atoms with Crippen LogP contribution in [0.25, 0.3) is 10.9 Å². The van der Waals surface area contributed by atoms with Crippen molar-refractivity contribution in [1.82, 2.24) is 10.3 Å². The molecule has 32 heavy (non-hydrogen) atoms. The van der Waals surface area contributed by atoms with Crippen LogP contribution in [0.5, 0.6) is 0 Å². The van der Waals surface area contributed by atoms with Crippen molar-refractivity contribution < 1.29 is 14.5 Å². The molecule has 0 saturated heterocycles. The fraction of sp³-hybridized carbons (Fsp3) is 0.130. The first kappa shape index (κ1) is 21.3. The summed E-state index contributed by atoms with van der Waals surface area (Å²) in [7, 11) is 0. The number of carbonyl (C=O) groups is 2. The van der Waals surface area contributed by atoms with E-state index < -0.39 is 16.9 Å². The molecule has 0 radical (unpaired) electrons. The maximum atomic E-state index is 13.1. The zero-order valence-electron chi connectivity index (χ0n) is 17.1. The van der Waals surface area contributed by atoms with E-state index in [1.54, 1.807) is 36.6 Å². The highest BCUT2D eigenvalue weighted by molar-refractivity contribution is 7.12. The summed E-state index contributed by atoms with van der Waals surface area (Å²) in [5.41, 5.74) is 2.51. The molecule has 0 fully saturated rings. The van der Waals surface area contributed by atoms with Crippen molar-refractivity contribution >= 4 is 45.4 Å². The van der Waals surface area contributed by atoms with Gasteiger partial charge in [-0.1, -0.05) is 30.3 Å². The number of aromatic amines is 1. The predicted molar refractivity (Wildman–Crippen MR) is 124 cm³/mol. The van der Waals surface area contributed by atoms with Gasteiger partial charge in [0, 0.05) is 40.8 Å². The predicted octanol–water partition coefficient (Wildman–Crippen LogP) is 4.43. The molecule has 2 aromatic carbocycles. The molecule has 0 aliphatic carbocycles. The quantitative estimate of drug-likeness (QED) is 0.286. The molecule has 8 nitrogen and oxygen atoms in total. The van der Waals surface area contributed by atoms with Gasteiger partial charge in [0.25, 0.3) is 11.6 Å². The van der Waals surface area contributed by atoms with Crippen LogP contribution in [-0.4, -0.2) is 27.8 Å². The number of para-hydroxylation sites is 1. The van der Waals surface area contributed by atoms with Crippen molar-refractivity contribution in [2.75, 3.05) is 5.32 Å². The van der Waals surface area contributed by atoms with Gasteiger partial charge in [-0.3, -0.25) is 19.7 Å². The number of nitrogens with one attached hydrogen (secondary N) is 3. The van der Waals surface area contributed by atoms with Crippen LogP contribution >= 0.6 is 11.3 Å². The molecule has 2 amide bonds. The van der Waals surface area contributed by atoms with E-state index in [4.69, 9.17) is 0 Å². The van der Waals surface area contributed by atoms with Crippen LogP contribution in [0, 0.1) is 17.0 Å². The number of nitrogens with zero attached hydrogens (tertiary/aromatic N) is 1. The van der Waals surface area contributed by atoms with Crippen LogP contribution < -0.4 is 10.6 Å². The average Bonchev–Trinajstić information content (AvgIpc) is 3.45. The van der Waals surface area contributed by atoms with Crippen LogP contribution in [0.4, 0.5) is 11.4 Å². The van der Waals surface area contributed by atoms with E-state index in [1.807, 2.05) is 30.5 Å². The average molecular weight is 449 g/mol. The van der Waals surface area contributed by atoms with E-state index in [2.05, 4.69) is 15.6 Å². The number of hydrogen-bond donors (Lipinski definition) is 3. The van der Waals surface area contributed by atoms with E-state index in [0.29, 0.717) is 16.1 Å². The van der Waals surface area contributed by atoms with Gasteiger partial charge in [-0.05, 0) is 36.1 Å². The van der Waals surface area contributed by atoms with Crippen molar-refractivity contribution in [3.05, 3.63) is 92.3 Å². The second-order valence-corrected chi connectivity index (χ2v) is 8.26. The third-order valence-corrected chi connectivity index (χ3v) is 6.01. The number of hydrogen-bond acceptors (Lipinski definition) is 5. The molecule has 4 rings (SSSR count). The van der Waals surface area contributed by atoms with E-state index in [1.165, 1.54) is 17.4 Å².